The third kappa shape index (κ3) is 4.62. The first-order valence-corrected chi connectivity index (χ1v) is 5.91. The monoisotopic (exact) mass is 213 g/mol. The van der Waals surface area contributed by atoms with E-state index < -0.39 is 0 Å². The Balaban J connectivity index is 1.99. The van der Waals surface area contributed by atoms with E-state index in [0.29, 0.717) is 12.5 Å². The van der Waals surface area contributed by atoms with Crippen molar-refractivity contribution < 1.29 is 4.79 Å². The molecule has 1 aliphatic heterocycles. The molecule has 1 atom stereocenters. The lowest BCUT2D eigenvalue weighted by Gasteiger charge is -2.19. The van der Waals surface area contributed by atoms with Crippen LogP contribution in [0.2, 0.25) is 0 Å². The van der Waals surface area contributed by atoms with E-state index in [4.69, 9.17) is 0 Å². The number of hydrogen-bond acceptors (Lipinski definition) is 3. The molecule has 2 N–H and O–H groups in total. The fourth-order valence-electron chi connectivity index (χ4n) is 1.99. The topological polar surface area (TPSA) is 44.4 Å². The van der Waals surface area contributed by atoms with Crippen LogP contribution in [-0.2, 0) is 4.79 Å². The molecule has 0 bridgehead atoms. The Morgan fingerprint density at radius 2 is 2.33 bits per heavy atom. The number of amides is 1. The van der Waals surface area contributed by atoms with Gasteiger partial charge in [-0.2, -0.15) is 0 Å². The Morgan fingerprint density at radius 1 is 1.53 bits per heavy atom. The largest absolute Gasteiger partial charge is 0.356 e. The molecule has 1 fully saturated rings. The van der Waals surface area contributed by atoms with Gasteiger partial charge >= 0.3 is 0 Å². The molecule has 0 aliphatic carbocycles. The Labute approximate surface area is 92.4 Å². The molecule has 0 aromatic heterocycles. The third-order valence-corrected chi connectivity index (χ3v) is 2.95. The minimum absolute atomic E-state index is 0.143. The molecule has 0 radical (unpaired) electrons. The van der Waals surface area contributed by atoms with Gasteiger partial charge in [0.05, 0.1) is 0 Å². The molecule has 1 aliphatic rings. The molecule has 1 unspecified atom stereocenters. The van der Waals surface area contributed by atoms with Crippen molar-refractivity contribution in [1.29, 1.82) is 0 Å². The van der Waals surface area contributed by atoms with Crippen LogP contribution in [0.15, 0.2) is 0 Å². The summed E-state index contributed by atoms with van der Waals surface area (Å²) in [6.07, 6.45) is 3.17. The lowest BCUT2D eigenvalue weighted by atomic mass is 10.2. The van der Waals surface area contributed by atoms with Gasteiger partial charge in [0.25, 0.3) is 0 Å². The number of carbonyl (C=O) groups excluding carboxylic acids is 1. The summed E-state index contributed by atoms with van der Waals surface area (Å²) in [5.74, 6) is 0.143. The minimum atomic E-state index is 0.143. The van der Waals surface area contributed by atoms with Crippen molar-refractivity contribution in [3.63, 3.8) is 0 Å². The van der Waals surface area contributed by atoms with Gasteiger partial charge in [0, 0.05) is 32.1 Å². The van der Waals surface area contributed by atoms with Crippen LogP contribution in [0.25, 0.3) is 0 Å². The number of carbonyl (C=O) groups is 1. The highest BCUT2D eigenvalue weighted by Crippen LogP contribution is 2.13. The van der Waals surface area contributed by atoms with Crippen molar-refractivity contribution in [3.8, 4) is 0 Å². The highest BCUT2D eigenvalue weighted by atomic mass is 16.1. The van der Waals surface area contributed by atoms with E-state index in [-0.39, 0.29) is 5.91 Å². The second-order valence-corrected chi connectivity index (χ2v) is 4.18. The van der Waals surface area contributed by atoms with Crippen LogP contribution in [0.4, 0.5) is 0 Å². The van der Waals surface area contributed by atoms with Crippen LogP contribution < -0.4 is 10.6 Å². The molecule has 88 valence electrons. The highest BCUT2D eigenvalue weighted by molar-refractivity contribution is 5.75. The van der Waals surface area contributed by atoms with Crippen molar-refractivity contribution in [2.24, 2.45) is 0 Å². The summed E-state index contributed by atoms with van der Waals surface area (Å²) in [6, 6.07) is 0.666. The van der Waals surface area contributed by atoms with E-state index in [0.717, 1.165) is 19.6 Å². The van der Waals surface area contributed by atoms with Gasteiger partial charge in [0.1, 0.15) is 0 Å². The molecule has 4 nitrogen and oxygen atoms in total. The number of likely N-dealkylation sites (tertiary alicyclic amines) is 1. The fraction of sp³-hybridized carbons (Fsp3) is 0.909. The Morgan fingerprint density at radius 3 is 2.93 bits per heavy atom. The number of nitrogens with zero attached hydrogens (tertiary/aromatic N) is 1. The number of rotatable bonds is 6. The standard InChI is InChI=1S/C11H23N3O/c1-3-13-11(15)6-7-12-9-10-5-4-8-14(10)2/h10,12H,3-9H2,1-2H3,(H,13,15). The lowest BCUT2D eigenvalue weighted by Crippen LogP contribution is -2.37. The second kappa shape index (κ2) is 6.80. The van der Waals surface area contributed by atoms with Crippen molar-refractivity contribution in [2.45, 2.75) is 32.2 Å². The maximum Gasteiger partial charge on any atom is 0.221 e. The second-order valence-electron chi connectivity index (χ2n) is 4.18. The van der Waals surface area contributed by atoms with Crippen molar-refractivity contribution in [2.75, 3.05) is 33.2 Å². The van der Waals surface area contributed by atoms with Gasteiger partial charge in [-0.3, -0.25) is 4.79 Å². The smallest absolute Gasteiger partial charge is 0.221 e. The summed E-state index contributed by atoms with van der Waals surface area (Å²) in [7, 11) is 2.17. The third-order valence-electron chi connectivity index (χ3n) is 2.95. The average Bonchev–Trinajstić information content (AvgIpc) is 2.60. The molecule has 0 aromatic rings. The van der Waals surface area contributed by atoms with Crippen molar-refractivity contribution in [3.05, 3.63) is 0 Å². The fourth-order valence-corrected chi connectivity index (χ4v) is 1.99. The zero-order valence-corrected chi connectivity index (χ0v) is 9.88. The van der Waals surface area contributed by atoms with Crippen LogP contribution in [-0.4, -0.2) is 50.1 Å². The van der Waals surface area contributed by atoms with Gasteiger partial charge in [0.15, 0.2) is 0 Å². The molecule has 0 aromatic carbocycles. The number of likely N-dealkylation sites (N-methyl/N-ethyl adjacent to an activating group) is 1. The molecule has 1 amide bonds. The highest BCUT2D eigenvalue weighted by Gasteiger charge is 2.19. The van der Waals surface area contributed by atoms with E-state index in [9.17, 15) is 4.79 Å². The van der Waals surface area contributed by atoms with Gasteiger partial charge < -0.3 is 15.5 Å². The Bertz CT molecular complexity index is 196. The van der Waals surface area contributed by atoms with E-state index in [1.807, 2.05) is 6.92 Å². The lowest BCUT2D eigenvalue weighted by molar-refractivity contribution is -0.120. The first kappa shape index (κ1) is 12.5. The summed E-state index contributed by atoms with van der Waals surface area (Å²) >= 11 is 0. The van der Waals surface area contributed by atoms with Gasteiger partial charge in [-0.1, -0.05) is 0 Å². The Hall–Kier alpha value is -0.610. The summed E-state index contributed by atoms with van der Waals surface area (Å²) in [4.78, 5) is 13.5. The first-order valence-electron chi connectivity index (χ1n) is 5.91. The predicted octanol–water partition coefficient (Wildman–Crippen LogP) is 0.196. The Kier molecular flexibility index (Phi) is 5.65. The molecule has 15 heavy (non-hydrogen) atoms. The molecular weight excluding hydrogens is 190 g/mol. The van der Waals surface area contributed by atoms with Crippen molar-refractivity contribution >= 4 is 5.91 Å². The van der Waals surface area contributed by atoms with Crippen LogP contribution in [0, 0.1) is 0 Å². The summed E-state index contributed by atoms with van der Waals surface area (Å²) in [5, 5.41) is 6.14. The van der Waals surface area contributed by atoms with Crippen LogP contribution in [0.3, 0.4) is 0 Å². The average molecular weight is 213 g/mol. The molecule has 0 saturated carbocycles. The number of nitrogens with one attached hydrogen (secondary N) is 2. The van der Waals surface area contributed by atoms with Gasteiger partial charge in [-0.25, -0.2) is 0 Å². The van der Waals surface area contributed by atoms with Crippen LogP contribution >= 0.6 is 0 Å². The summed E-state index contributed by atoms with van der Waals surface area (Å²) < 4.78 is 0. The van der Waals surface area contributed by atoms with Gasteiger partial charge in [-0.15, -0.1) is 0 Å². The van der Waals surface area contributed by atoms with Gasteiger partial charge in [0.2, 0.25) is 5.91 Å². The minimum Gasteiger partial charge on any atom is -0.356 e. The number of hydrogen-bond donors (Lipinski definition) is 2. The first-order chi connectivity index (χ1) is 7.24. The molecule has 1 heterocycles. The maximum atomic E-state index is 11.1. The zero-order valence-electron chi connectivity index (χ0n) is 9.88. The summed E-state index contributed by atoms with van der Waals surface area (Å²) in [6.45, 7) is 5.68. The van der Waals surface area contributed by atoms with Crippen molar-refractivity contribution in [1.82, 2.24) is 15.5 Å². The van der Waals surface area contributed by atoms with Gasteiger partial charge in [-0.05, 0) is 33.4 Å². The molecule has 4 heteroatoms. The molecule has 0 spiro atoms. The summed E-state index contributed by atoms with van der Waals surface area (Å²) in [5.41, 5.74) is 0. The molecule has 1 rings (SSSR count). The van der Waals surface area contributed by atoms with E-state index >= 15 is 0 Å². The molecule has 1 saturated heterocycles. The van der Waals surface area contributed by atoms with E-state index in [1.165, 1.54) is 19.4 Å². The molecular formula is C11H23N3O. The van der Waals surface area contributed by atoms with E-state index in [1.54, 1.807) is 0 Å². The van der Waals surface area contributed by atoms with Crippen LogP contribution in [0.5, 0.6) is 0 Å². The quantitative estimate of drug-likeness (QED) is 0.619. The maximum absolute atomic E-state index is 11.1. The predicted molar refractivity (Wildman–Crippen MR) is 61.8 cm³/mol. The van der Waals surface area contributed by atoms with E-state index in [2.05, 4.69) is 22.6 Å². The normalized spacial score (nSPS) is 21.9. The zero-order chi connectivity index (χ0) is 11.1. The van der Waals surface area contributed by atoms with Crippen LogP contribution in [0.1, 0.15) is 26.2 Å². The SMILES string of the molecule is CCNC(=O)CCNCC1CCCN1C.